The SMILES string of the molecule is Cn1cnc2cc(-c3cnc(CC#N)[nH]3)ccc21. The molecule has 0 radical (unpaired) electrons. The monoisotopic (exact) mass is 237 g/mol. The predicted octanol–water partition coefficient (Wildman–Crippen LogP) is 2.03. The number of nitrogens with one attached hydrogen (secondary N) is 1. The molecule has 0 spiro atoms. The van der Waals surface area contributed by atoms with Gasteiger partial charge in [-0.25, -0.2) is 9.97 Å². The fourth-order valence-corrected chi connectivity index (χ4v) is 1.98. The number of hydrogen-bond donors (Lipinski definition) is 1. The quantitative estimate of drug-likeness (QED) is 0.741. The lowest BCUT2D eigenvalue weighted by molar-refractivity contribution is 0.948. The second-order valence-electron chi connectivity index (χ2n) is 4.14. The summed E-state index contributed by atoms with van der Waals surface area (Å²) in [7, 11) is 1.97. The lowest BCUT2D eigenvalue weighted by atomic mass is 10.1. The van der Waals surface area contributed by atoms with E-state index in [2.05, 4.69) is 21.0 Å². The molecule has 0 aliphatic rings. The molecule has 1 aromatic carbocycles. The molecule has 0 aliphatic heterocycles. The van der Waals surface area contributed by atoms with Crippen LogP contribution >= 0.6 is 0 Å². The van der Waals surface area contributed by atoms with Crippen molar-refractivity contribution in [3.63, 3.8) is 0 Å². The average Bonchev–Trinajstić information content (AvgIpc) is 2.97. The molecule has 88 valence electrons. The predicted molar refractivity (Wildman–Crippen MR) is 67.6 cm³/mol. The minimum absolute atomic E-state index is 0.297. The van der Waals surface area contributed by atoms with E-state index in [1.165, 1.54) is 0 Å². The summed E-state index contributed by atoms with van der Waals surface area (Å²) in [6.07, 6.45) is 3.84. The summed E-state index contributed by atoms with van der Waals surface area (Å²) in [6.45, 7) is 0. The van der Waals surface area contributed by atoms with Gasteiger partial charge in [0.25, 0.3) is 0 Å². The summed E-state index contributed by atoms with van der Waals surface area (Å²) in [5, 5.41) is 8.62. The van der Waals surface area contributed by atoms with Gasteiger partial charge in [-0.2, -0.15) is 5.26 Å². The first kappa shape index (κ1) is 10.5. The van der Waals surface area contributed by atoms with Gasteiger partial charge in [-0.15, -0.1) is 0 Å². The number of benzene rings is 1. The third kappa shape index (κ3) is 1.64. The first-order valence-corrected chi connectivity index (χ1v) is 5.60. The maximum Gasteiger partial charge on any atom is 0.120 e. The van der Waals surface area contributed by atoms with E-state index < -0.39 is 0 Å². The van der Waals surface area contributed by atoms with Gasteiger partial charge in [-0.1, -0.05) is 6.07 Å². The van der Waals surface area contributed by atoms with Crippen molar-refractivity contribution < 1.29 is 0 Å². The molecule has 5 nitrogen and oxygen atoms in total. The van der Waals surface area contributed by atoms with Crippen LogP contribution in [-0.4, -0.2) is 19.5 Å². The van der Waals surface area contributed by atoms with Crippen molar-refractivity contribution in [1.82, 2.24) is 19.5 Å². The molecule has 0 unspecified atom stereocenters. The lowest BCUT2D eigenvalue weighted by Gasteiger charge is -1.98. The molecular weight excluding hydrogens is 226 g/mol. The summed E-state index contributed by atoms with van der Waals surface area (Å²) in [6, 6.07) is 8.14. The van der Waals surface area contributed by atoms with E-state index in [0.29, 0.717) is 12.2 Å². The van der Waals surface area contributed by atoms with Crippen molar-refractivity contribution in [2.24, 2.45) is 7.05 Å². The van der Waals surface area contributed by atoms with Gasteiger partial charge in [0.2, 0.25) is 0 Å². The Kier molecular flexibility index (Phi) is 2.34. The van der Waals surface area contributed by atoms with Gasteiger partial charge in [-0.05, 0) is 12.1 Å². The number of rotatable bonds is 2. The van der Waals surface area contributed by atoms with E-state index >= 15 is 0 Å². The van der Waals surface area contributed by atoms with Crippen LogP contribution in [0.1, 0.15) is 5.82 Å². The Labute approximate surface area is 104 Å². The molecule has 1 N–H and O–H groups in total. The van der Waals surface area contributed by atoms with E-state index in [9.17, 15) is 0 Å². The molecule has 3 rings (SSSR count). The summed E-state index contributed by atoms with van der Waals surface area (Å²) >= 11 is 0. The number of imidazole rings is 2. The van der Waals surface area contributed by atoms with Crippen molar-refractivity contribution >= 4 is 11.0 Å². The van der Waals surface area contributed by atoms with E-state index in [4.69, 9.17) is 5.26 Å². The van der Waals surface area contributed by atoms with Crippen molar-refractivity contribution in [3.8, 4) is 17.3 Å². The molecule has 2 aromatic heterocycles. The number of nitrogens with zero attached hydrogens (tertiary/aromatic N) is 4. The molecule has 3 aromatic rings. The molecule has 2 heterocycles. The van der Waals surface area contributed by atoms with Crippen LogP contribution in [0.3, 0.4) is 0 Å². The largest absolute Gasteiger partial charge is 0.341 e. The van der Waals surface area contributed by atoms with Crippen LogP contribution in [0.25, 0.3) is 22.3 Å². The average molecular weight is 237 g/mol. The number of aromatic amines is 1. The smallest absolute Gasteiger partial charge is 0.120 e. The minimum atomic E-state index is 0.297. The normalized spacial score (nSPS) is 10.7. The maximum atomic E-state index is 8.62. The fraction of sp³-hybridized carbons (Fsp3) is 0.154. The third-order valence-corrected chi connectivity index (χ3v) is 2.91. The van der Waals surface area contributed by atoms with E-state index in [1.807, 2.05) is 29.8 Å². The maximum absolute atomic E-state index is 8.62. The Morgan fingerprint density at radius 3 is 3.11 bits per heavy atom. The van der Waals surface area contributed by atoms with Crippen molar-refractivity contribution in [3.05, 3.63) is 36.5 Å². The first-order valence-electron chi connectivity index (χ1n) is 5.60. The molecule has 0 saturated heterocycles. The van der Waals surface area contributed by atoms with Crippen molar-refractivity contribution in [2.75, 3.05) is 0 Å². The highest BCUT2D eigenvalue weighted by Crippen LogP contribution is 2.22. The van der Waals surface area contributed by atoms with Crippen LogP contribution in [-0.2, 0) is 13.5 Å². The molecular formula is C13H11N5. The molecule has 0 bridgehead atoms. The highest BCUT2D eigenvalue weighted by atomic mass is 15.0. The Hall–Kier alpha value is -2.61. The number of aryl methyl sites for hydroxylation is 1. The van der Waals surface area contributed by atoms with Crippen LogP contribution in [0, 0.1) is 11.3 Å². The van der Waals surface area contributed by atoms with Gasteiger partial charge in [-0.3, -0.25) is 0 Å². The second kappa shape index (κ2) is 4.00. The molecule has 0 aliphatic carbocycles. The molecule has 5 heteroatoms. The number of hydrogen-bond acceptors (Lipinski definition) is 3. The summed E-state index contributed by atoms with van der Waals surface area (Å²) in [5.74, 6) is 0.689. The fourth-order valence-electron chi connectivity index (χ4n) is 1.98. The zero-order valence-corrected chi connectivity index (χ0v) is 9.88. The molecule has 0 atom stereocenters. The highest BCUT2D eigenvalue weighted by molar-refractivity contribution is 5.81. The summed E-state index contributed by atoms with van der Waals surface area (Å²) in [4.78, 5) is 11.6. The van der Waals surface area contributed by atoms with E-state index in [-0.39, 0.29) is 0 Å². The van der Waals surface area contributed by atoms with Gasteiger partial charge in [0.1, 0.15) is 5.82 Å². The Morgan fingerprint density at radius 2 is 2.28 bits per heavy atom. The Morgan fingerprint density at radius 1 is 1.39 bits per heavy atom. The van der Waals surface area contributed by atoms with Crippen molar-refractivity contribution in [2.45, 2.75) is 6.42 Å². The first-order chi connectivity index (χ1) is 8.78. The van der Waals surface area contributed by atoms with Crippen molar-refractivity contribution in [1.29, 1.82) is 5.26 Å². The van der Waals surface area contributed by atoms with Crippen LogP contribution in [0.5, 0.6) is 0 Å². The number of fused-ring (bicyclic) bond motifs is 1. The van der Waals surface area contributed by atoms with Gasteiger partial charge < -0.3 is 9.55 Å². The zero-order valence-electron chi connectivity index (χ0n) is 9.88. The van der Waals surface area contributed by atoms with Gasteiger partial charge >= 0.3 is 0 Å². The minimum Gasteiger partial charge on any atom is -0.341 e. The van der Waals surface area contributed by atoms with Gasteiger partial charge in [0, 0.05) is 12.6 Å². The van der Waals surface area contributed by atoms with Crippen LogP contribution in [0.4, 0.5) is 0 Å². The van der Waals surface area contributed by atoms with Gasteiger partial charge in [0.15, 0.2) is 0 Å². The van der Waals surface area contributed by atoms with E-state index in [0.717, 1.165) is 22.3 Å². The van der Waals surface area contributed by atoms with Crippen LogP contribution < -0.4 is 0 Å². The molecule has 0 fully saturated rings. The van der Waals surface area contributed by atoms with E-state index in [1.54, 1.807) is 12.5 Å². The van der Waals surface area contributed by atoms with Crippen LogP contribution in [0.15, 0.2) is 30.7 Å². The summed E-state index contributed by atoms with van der Waals surface area (Å²) < 4.78 is 1.98. The Balaban J connectivity index is 2.05. The molecule has 0 saturated carbocycles. The molecule has 18 heavy (non-hydrogen) atoms. The number of aromatic nitrogens is 4. The Bertz CT molecular complexity index is 744. The standard InChI is InChI=1S/C13H11N5/c1-18-8-16-10-6-9(2-3-12(10)18)11-7-15-13(17-11)4-5-14/h2-3,6-8H,4H2,1H3,(H,15,17). The lowest BCUT2D eigenvalue weighted by Crippen LogP contribution is -1.85. The molecule has 0 amide bonds. The topological polar surface area (TPSA) is 70.3 Å². The number of H-pyrrole nitrogens is 1. The summed E-state index contributed by atoms with van der Waals surface area (Å²) in [5.41, 5.74) is 3.98. The highest BCUT2D eigenvalue weighted by Gasteiger charge is 2.06. The van der Waals surface area contributed by atoms with Crippen LogP contribution in [0.2, 0.25) is 0 Å². The van der Waals surface area contributed by atoms with Gasteiger partial charge in [0.05, 0.1) is 41.7 Å². The number of nitriles is 1. The third-order valence-electron chi connectivity index (χ3n) is 2.91. The second-order valence-corrected chi connectivity index (χ2v) is 4.14. The zero-order chi connectivity index (χ0) is 12.5.